The van der Waals surface area contributed by atoms with E-state index in [4.69, 9.17) is 9.47 Å². The van der Waals surface area contributed by atoms with Crippen LogP contribution in [0.25, 0.3) is 0 Å². The Morgan fingerprint density at radius 3 is 2.24 bits per heavy atom. The molecule has 0 bridgehead atoms. The number of fused-ring (bicyclic) bond motifs is 1. The number of ketones is 1. The quantitative estimate of drug-likeness (QED) is 0.187. The van der Waals surface area contributed by atoms with Gasteiger partial charge in [0.2, 0.25) is 0 Å². The summed E-state index contributed by atoms with van der Waals surface area (Å²) in [7, 11) is 1.93. The number of phenolic OH excluding ortho intramolecular Hbond substituents is 3. The summed E-state index contributed by atoms with van der Waals surface area (Å²) >= 11 is 0. The first-order chi connectivity index (χ1) is 19.4. The van der Waals surface area contributed by atoms with E-state index < -0.39 is 11.7 Å². The molecule has 1 aliphatic rings. The molecule has 41 heavy (non-hydrogen) atoms. The van der Waals surface area contributed by atoms with Gasteiger partial charge in [0.25, 0.3) is 0 Å². The highest BCUT2D eigenvalue weighted by atomic mass is 16.6. The SMILES string of the molecule is CN(CCCCCCCCCCNC(=O)OC(C)(C)C)Cc1c(O)cc2c(c1O)C(=O)CC(c1ccc(O)cc1)O2. The predicted molar refractivity (Wildman–Crippen MR) is 158 cm³/mol. The van der Waals surface area contributed by atoms with Crippen LogP contribution in [-0.4, -0.2) is 57.8 Å². The lowest BCUT2D eigenvalue weighted by molar-refractivity contribution is 0.0526. The Kier molecular flexibility index (Phi) is 11.7. The Morgan fingerprint density at radius 1 is 1.00 bits per heavy atom. The number of aromatic hydroxyl groups is 3. The maximum Gasteiger partial charge on any atom is 0.407 e. The minimum absolute atomic E-state index is 0.0638. The highest BCUT2D eigenvalue weighted by Gasteiger charge is 2.33. The van der Waals surface area contributed by atoms with E-state index in [0.29, 0.717) is 18.7 Å². The fourth-order valence-electron chi connectivity index (χ4n) is 4.95. The van der Waals surface area contributed by atoms with Crippen LogP contribution in [0.4, 0.5) is 4.79 Å². The number of hydrogen-bond acceptors (Lipinski definition) is 8. The highest BCUT2D eigenvalue weighted by Crippen LogP contribution is 2.44. The van der Waals surface area contributed by atoms with Gasteiger partial charge in [-0.1, -0.05) is 50.7 Å². The van der Waals surface area contributed by atoms with E-state index in [0.717, 1.165) is 50.6 Å². The van der Waals surface area contributed by atoms with Gasteiger partial charge in [0.1, 0.15) is 40.3 Å². The maximum absolute atomic E-state index is 12.9. The van der Waals surface area contributed by atoms with Crippen LogP contribution < -0.4 is 10.1 Å². The number of hydrogen-bond donors (Lipinski definition) is 4. The van der Waals surface area contributed by atoms with Crippen LogP contribution >= 0.6 is 0 Å². The Labute approximate surface area is 243 Å². The molecular formula is C32H46N2O7. The second kappa shape index (κ2) is 15.0. The molecule has 4 N–H and O–H groups in total. The summed E-state index contributed by atoms with van der Waals surface area (Å²) in [6.07, 6.45) is 7.90. The molecule has 0 aliphatic carbocycles. The Bertz CT molecular complexity index is 1160. The lowest BCUT2D eigenvalue weighted by atomic mass is 9.93. The summed E-state index contributed by atoms with van der Waals surface area (Å²) in [4.78, 5) is 26.6. The molecule has 0 aromatic heterocycles. The number of phenols is 3. The monoisotopic (exact) mass is 570 g/mol. The minimum atomic E-state index is -0.552. The fraction of sp³-hybridized carbons (Fsp3) is 0.562. The van der Waals surface area contributed by atoms with Crippen molar-refractivity contribution in [2.45, 2.75) is 96.8 Å². The van der Waals surface area contributed by atoms with Gasteiger partial charge in [-0.05, 0) is 64.9 Å². The van der Waals surface area contributed by atoms with Gasteiger partial charge < -0.3 is 35.0 Å². The number of ether oxygens (including phenoxy) is 2. The summed E-state index contributed by atoms with van der Waals surface area (Å²) < 4.78 is 11.2. The first-order valence-corrected chi connectivity index (χ1v) is 14.7. The van der Waals surface area contributed by atoms with Crippen molar-refractivity contribution in [3.05, 3.63) is 47.0 Å². The smallest absolute Gasteiger partial charge is 0.407 e. The van der Waals surface area contributed by atoms with Gasteiger partial charge >= 0.3 is 6.09 Å². The largest absolute Gasteiger partial charge is 0.508 e. The summed E-state index contributed by atoms with van der Waals surface area (Å²) in [5, 5.41) is 33.9. The molecule has 0 radical (unpaired) electrons. The highest BCUT2D eigenvalue weighted by molar-refractivity contribution is 6.03. The lowest BCUT2D eigenvalue weighted by Gasteiger charge is -2.28. The second-order valence-corrected chi connectivity index (χ2v) is 11.9. The third kappa shape index (κ3) is 10.1. The van der Waals surface area contributed by atoms with Crippen LogP contribution in [0.3, 0.4) is 0 Å². The number of amides is 1. The average molecular weight is 571 g/mol. The lowest BCUT2D eigenvalue weighted by Crippen LogP contribution is -2.32. The van der Waals surface area contributed by atoms with Crippen molar-refractivity contribution in [2.24, 2.45) is 0 Å². The molecule has 0 fully saturated rings. The van der Waals surface area contributed by atoms with Crippen LogP contribution in [-0.2, 0) is 11.3 Å². The molecule has 1 heterocycles. The van der Waals surface area contributed by atoms with Gasteiger partial charge in [-0.15, -0.1) is 0 Å². The van der Waals surface area contributed by atoms with Crippen molar-refractivity contribution >= 4 is 11.9 Å². The normalized spacial score (nSPS) is 15.0. The summed E-state index contributed by atoms with van der Waals surface area (Å²) in [5.41, 5.74) is 0.701. The average Bonchev–Trinajstić information content (AvgIpc) is 2.88. The van der Waals surface area contributed by atoms with Crippen LogP contribution in [0.5, 0.6) is 23.0 Å². The van der Waals surface area contributed by atoms with Crippen LogP contribution in [0.15, 0.2) is 30.3 Å². The van der Waals surface area contributed by atoms with E-state index in [1.165, 1.54) is 31.0 Å². The van der Waals surface area contributed by atoms with E-state index in [9.17, 15) is 24.9 Å². The predicted octanol–water partition coefficient (Wildman–Crippen LogP) is 6.59. The fourth-order valence-corrected chi connectivity index (χ4v) is 4.95. The molecular weight excluding hydrogens is 524 g/mol. The van der Waals surface area contributed by atoms with Gasteiger partial charge in [-0.25, -0.2) is 4.79 Å². The molecule has 9 nitrogen and oxygen atoms in total. The van der Waals surface area contributed by atoms with Crippen LogP contribution in [0, 0.1) is 0 Å². The molecule has 2 aromatic carbocycles. The number of carbonyl (C=O) groups is 2. The van der Waals surface area contributed by atoms with Crippen molar-refractivity contribution in [2.75, 3.05) is 20.1 Å². The van der Waals surface area contributed by atoms with Crippen molar-refractivity contribution < 1.29 is 34.4 Å². The molecule has 3 rings (SSSR count). The van der Waals surface area contributed by atoms with Gasteiger partial charge in [-0.3, -0.25) is 4.79 Å². The van der Waals surface area contributed by atoms with Gasteiger partial charge in [0, 0.05) is 19.2 Å². The zero-order valence-electron chi connectivity index (χ0n) is 24.9. The molecule has 9 heteroatoms. The number of unbranched alkanes of at least 4 members (excludes halogenated alkanes) is 7. The Morgan fingerprint density at radius 2 is 1.61 bits per heavy atom. The number of carbonyl (C=O) groups excluding carboxylic acids is 2. The zero-order chi connectivity index (χ0) is 30.0. The number of Topliss-reactive ketones (excluding diaryl/α,β-unsaturated/α-hetero) is 1. The Hall–Kier alpha value is -3.46. The molecule has 1 unspecified atom stereocenters. The molecule has 1 aliphatic heterocycles. The van der Waals surface area contributed by atoms with Crippen LogP contribution in [0.1, 0.15) is 106 Å². The summed E-state index contributed by atoms with van der Waals surface area (Å²) in [5.74, 6) is -0.278. The van der Waals surface area contributed by atoms with Crippen molar-refractivity contribution in [1.82, 2.24) is 10.2 Å². The topological polar surface area (TPSA) is 129 Å². The molecule has 1 atom stereocenters. The van der Waals surface area contributed by atoms with E-state index in [1.54, 1.807) is 12.1 Å². The van der Waals surface area contributed by atoms with E-state index >= 15 is 0 Å². The number of nitrogens with one attached hydrogen (secondary N) is 1. The molecule has 1 amide bonds. The van der Waals surface area contributed by atoms with Gasteiger partial charge in [0.05, 0.1) is 12.0 Å². The third-order valence-corrected chi connectivity index (χ3v) is 7.09. The summed E-state index contributed by atoms with van der Waals surface area (Å²) in [6, 6.07) is 7.86. The van der Waals surface area contributed by atoms with Gasteiger partial charge in [-0.2, -0.15) is 0 Å². The van der Waals surface area contributed by atoms with E-state index in [-0.39, 0.29) is 46.9 Å². The number of benzene rings is 2. The van der Waals surface area contributed by atoms with Crippen LogP contribution in [0.2, 0.25) is 0 Å². The van der Waals surface area contributed by atoms with Crippen molar-refractivity contribution in [3.63, 3.8) is 0 Å². The third-order valence-electron chi connectivity index (χ3n) is 7.09. The first-order valence-electron chi connectivity index (χ1n) is 14.7. The molecule has 226 valence electrons. The van der Waals surface area contributed by atoms with E-state index in [2.05, 4.69) is 5.32 Å². The van der Waals surface area contributed by atoms with Crippen molar-refractivity contribution in [1.29, 1.82) is 0 Å². The second-order valence-electron chi connectivity index (χ2n) is 11.9. The number of rotatable bonds is 14. The molecule has 0 saturated carbocycles. The summed E-state index contributed by atoms with van der Waals surface area (Å²) in [6.45, 7) is 7.31. The first kappa shape index (κ1) is 32.1. The Balaban J connectivity index is 1.34. The molecule has 0 spiro atoms. The van der Waals surface area contributed by atoms with Gasteiger partial charge in [0.15, 0.2) is 5.78 Å². The maximum atomic E-state index is 12.9. The zero-order valence-corrected chi connectivity index (χ0v) is 24.9. The number of nitrogens with zero attached hydrogens (tertiary/aromatic N) is 1. The minimum Gasteiger partial charge on any atom is -0.508 e. The molecule has 0 saturated heterocycles. The van der Waals surface area contributed by atoms with E-state index in [1.807, 2.05) is 32.7 Å². The van der Waals surface area contributed by atoms with Crippen molar-refractivity contribution in [3.8, 4) is 23.0 Å². The number of alkyl carbamates (subject to hydrolysis) is 1. The standard InChI is InChI=1S/C32H46N2O7/c1-32(2,3)41-31(39)33-17-11-9-7-5-6-8-10-12-18-34(4)21-24-25(36)19-28-29(30(24)38)26(37)20-27(40-28)22-13-15-23(35)16-14-22/h13-16,19,27,35-36,38H,5-12,17-18,20-21H2,1-4H3,(H,33,39). The molecule has 2 aromatic rings.